The van der Waals surface area contributed by atoms with Crippen LogP contribution in [0, 0.1) is 11.3 Å². The van der Waals surface area contributed by atoms with Gasteiger partial charge in [0.25, 0.3) is 0 Å². The molecule has 0 radical (unpaired) electrons. The summed E-state index contributed by atoms with van der Waals surface area (Å²) < 4.78 is 6.98. The molecule has 7 heteroatoms. The summed E-state index contributed by atoms with van der Waals surface area (Å²) in [7, 11) is 0. The highest BCUT2D eigenvalue weighted by Crippen LogP contribution is 2.48. The number of rotatable bonds is 1. The molecule has 25 heavy (non-hydrogen) atoms. The lowest BCUT2D eigenvalue weighted by atomic mass is 9.90. The molecule has 0 bridgehead atoms. The van der Waals surface area contributed by atoms with Crippen molar-refractivity contribution in [2.24, 2.45) is 0 Å². The fraction of sp³-hybridized carbons (Fsp3) is 0.500. The Kier molecular flexibility index (Phi) is 3.96. The lowest BCUT2D eigenvalue weighted by Crippen LogP contribution is -2.27. The zero-order chi connectivity index (χ0) is 18.6. The Balaban J connectivity index is 2.11. The van der Waals surface area contributed by atoms with Gasteiger partial charge in [-0.2, -0.15) is 5.26 Å². The molecule has 2 aromatic heterocycles. The van der Waals surface area contributed by atoms with Crippen LogP contribution in [0.1, 0.15) is 63.2 Å². The Morgan fingerprint density at radius 3 is 2.76 bits per heavy atom. The van der Waals surface area contributed by atoms with Crippen LogP contribution in [0.15, 0.2) is 12.1 Å². The smallest absolute Gasteiger partial charge is 0.413 e. The van der Waals surface area contributed by atoms with Crippen molar-refractivity contribution in [3.05, 3.63) is 29.0 Å². The standard InChI is InChI=1S/C18H21ClN4O2/c1-17(2,3)25-16(24)21-15-11(9-20)13-7-6-10-12(19)8-18(4,5)14(10)23(13)22-15/h6-7,12H,8H2,1-5H3,(H,21,22,24). The van der Waals surface area contributed by atoms with Crippen LogP contribution >= 0.6 is 11.6 Å². The van der Waals surface area contributed by atoms with Gasteiger partial charge in [0.15, 0.2) is 5.82 Å². The van der Waals surface area contributed by atoms with Crippen molar-refractivity contribution in [1.29, 1.82) is 5.26 Å². The Morgan fingerprint density at radius 2 is 2.16 bits per heavy atom. The van der Waals surface area contributed by atoms with Gasteiger partial charge in [-0.1, -0.05) is 19.9 Å². The number of halogens is 1. The Morgan fingerprint density at radius 1 is 1.48 bits per heavy atom. The van der Waals surface area contributed by atoms with Gasteiger partial charge in [0.2, 0.25) is 0 Å². The number of nitrogens with zero attached hydrogens (tertiary/aromatic N) is 3. The van der Waals surface area contributed by atoms with E-state index < -0.39 is 11.7 Å². The first-order chi connectivity index (χ1) is 11.5. The number of hydrogen-bond donors (Lipinski definition) is 1. The number of amides is 1. The van der Waals surface area contributed by atoms with Crippen molar-refractivity contribution in [3.63, 3.8) is 0 Å². The molecule has 1 amide bonds. The highest BCUT2D eigenvalue weighted by molar-refractivity contribution is 6.21. The number of hydrogen-bond acceptors (Lipinski definition) is 4. The summed E-state index contributed by atoms with van der Waals surface area (Å²) in [6, 6.07) is 5.89. The normalized spacial score (nSPS) is 18.7. The van der Waals surface area contributed by atoms with Gasteiger partial charge in [-0.15, -0.1) is 16.7 Å². The van der Waals surface area contributed by atoms with Crippen LogP contribution in [0.2, 0.25) is 0 Å². The molecule has 1 atom stereocenters. The Labute approximate surface area is 151 Å². The van der Waals surface area contributed by atoms with Gasteiger partial charge in [0, 0.05) is 5.41 Å². The maximum atomic E-state index is 12.1. The number of ether oxygens (including phenoxy) is 1. The molecule has 0 aliphatic heterocycles. The van der Waals surface area contributed by atoms with Crippen LogP contribution in [0.3, 0.4) is 0 Å². The fourth-order valence-corrected chi connectivity index (χ4v) is 3.87. The summed E-state index contributed by atoms with van der Waals surface area (Å²) >= 11 is 6.47. The number of nitrogens with one attached hydrogen (secondary N) is 1. The summed E-state index contributed by atoms with van der Waals surface area (Å²) in [6.45, 7) is 9.52. The molecule has 0 fully saturated rings. The number of carbonyl (C=O) groups excluding carboxylic acids is 1. The summed E-state index contributed by atoms with van der Waals surface area (Å²) in [5.41, 5.74) is 2.12. The number of pyridine rings is 1. The van der Waals surface area contributed by atoms with Crippen molar-refractivity contribution >= 4 is 29.0 Å². The van der Waals surface area contributed by atoms with E-state index in [-0.39, 0.29) is 16.6 Å². The molecule has 6 nitrogen and oxygen atoms in total. The van der Waals surface area contributed by atoms with Crippen molar-refractivity contribution in [2.45, 2.75) is 57.4 Å². The van der Waals surface area contributed by atoms with Crippen LogP contribution < -0.4 is 5.32 Å². The van der Waals surface area contributed by atoms with Crippen molar-refractivity contribution < 1.29 is 9.53 Å². The summed E-state index contributed by atoms with van der Waals surface area (Å²) in [4.78, 5) is 12.1. The van der Waals surface area contributed by atoms with Gasteiger partial charge in [-0.3, -0.25) is 5.32 Å². The van der Waals surface area contributed by atoms with Gasteiger partial charge in [0.1, 0.15) is 17.2 Å². The average Bonchev–Trinajstić information content (AvgIpc) is 2.90. The predicted octanol–water partition coefficient (Wildman–Crippen LogP) is 4.51. The number of fused-ring (bicyclic) bond motifs is 3. The van der Waals surface area contributed by atoms with Crippen molar-refractivity contribution in [1.82, 2.24) is 9.61 Å². The number of alkyl halides is 1. The molecular formula is C18H21ClN4O2. The van der Waals surface area contributed by atoms with E-state index in [9.17, 15) is 10.1 Å². The lowest BCUT2D eigenvalue weighted by molar-refractivity contribution is 0.0635. The molecule has 1 N–H and O–H groups in total. The third-order valence-electron chi connectivity index (χ3n) is 4.23. The Hall–Kier alpha value is -2.26. The zero-order valence-corrected chi connectivity index (χ0v) is 15.7. The minimum Gasteiger partial charge on any atom is -0.444 e. The van der Waals surface area contributed by atoms with Crippen LogP contribution in [-0.2, 0) is 10.2 Å². The van der Waals surface area contributed by atoms with Crippen molar-refractivity contribution in [3.8, 4) is 6.07 Å². The van der Waals surface area contributed by atoms with Gasteiger partial charge in [-0.05, 0) is 38.8 Å². The van der Waals surface area contributed by atoms with Crippen molar-refractivity contribution in [2.75, 3.05) is 5.32 Å². The molecule has 2 aromatic rings. The molecule has 1 aliphatic carbocycles. The summed E-state index contributed by atoms with van der Waals surface area (Å²) in [6.07, 6.45) is 0.151. The molecule has 0 saturated carbocycles. The fourth-order valence-electron chi connectivity index (χ4n) is 3.31. The molecule has 0 saturated heterocycles. The molecule has 0 spiro atoms. The topological polar surface area (TPSA) is 79.4 Å². The van der Waals surface area contributed by atoms with Gasteiger partial charge >= 0.3 is 6.09 Å². The largest absolute Gasteiger partial charge is 0.444 e. The predicted molar refractivity (Wildman–Crippen MR) is 96.0 cm³/mol. The summed E-state index contributed by atoms with van der Waals surface area (Å²) in [5.74, 6) is 0.193. The van der Waals surface area contributed by atoms with Crippen LogP contribution in [0.25, 0.3) is 5.52 Å². The average molecular weight is 361 g/mol. The molecule has 1 aliphatic rings. The van der Waals surface area contributed by atoms with E-state index in [1.807, 2.05) is 12.1 Å². The second-order valence-electron chi connectivity index (χ2n) is 7.95. The van der Waals surface area contributed by atoms with Gasteiger partial charge < -0.3 is 4.74 Å². The monoisotopic (exact) mass is 360 g/mol. The van der Waals surface area contributed by atoms with E-state index >= 15 is 0 Å². The van der Waals surface area contributed by atoms with E-state index in [0.29, 0.717) is 11.1 Å². The van der Waals surface area contributed by atoms with Gasteiger partial charge in [0.05, 0.1) is 16.6 Å². The molecule has 0 aromatic carbocycles. The van der Waals surface area contributed by atoms with Crippen LogP contribution in [0.5, 0.6) is 0 Å². The molecule has 3 rings (SSSR count). The minimum atomic E-state index is -0.640. The molecule has 1 unspecified atom stereocenters. The van der Waals surface area contributed by atoms with Crippen LogP contribution in [0.4, 0.5) is 10.6 Å². The van der Waals surface area contributed by atoms with Crippen LogP contribution in [-0.4, -0.2) is 21.3 Å². The zero-order valence-electron chi connectivity index (χ0n) is 15.0. The molecule has 132 valence electrons. The second-order valence-corrected chi connectivity index (χ2v) is 8.48. The highest BCUT2D eigenvalue weighted by Gasteiger charge is 2.39. The maximum Gasteiger partial charge on any atom is 0.413 e. The van der Waals surface area contributed by atoms with Gasteiger partial charge in [-0.25, -0.2) is 9.31 Å². The van der Waals surface area contributed by atoms with E-state index in [1.54, 1.807) is 25.3 Å². The van der Waals surface area contributed by atoms with E-state index in [0.717, 1.165) is 17.7 Å². The number of carbonyl (C=O) groups is 1. The first-order valence-electron chi connectivity index (χ1n) is 8.14. The van der Waals surface area contributed by atoms with E-state index in [4.69, 9.17) is 16.3 Å². The highest BCUT2D eigenvalue weighted by atomic mass is 35.5. The van der Waals surface area contributed by atoms with E-state index in [2.05, 4.69) is 30.3 Å². The Bertz CT molecular complexity index is 902. The summed E-state index contributed by atoms with van der Waals surface area (Å²) in [5, 5.41) is 16.5. The first kappa shape index (κ1) is 17.6. The lowest BCUT2D eigenvalue weighted by Gasteiger charge is -2.19. The number of aromatic nitrogens is 2. The SMILES string of the molecule is CC(C)(C)OC(=O)Nc1nn2c3c(ccc2c1C#N)C(Cl)CC3(C)C. The number of anilines is 1. The first-order valence-corrected chi connectivity index (χ1v) is 8.57. The third kappa shape index (κ3) is 3.05. The molecular weight excluding hydrogens is 340 g/mol. The molecule has 2 heterocycles. The quantitative estimate of drug-likeness (QED) is 0.758. The maximum absolute atomic E-state index is 12.1. The number of nitriles is 1. The van der Waals surface area contributed by atoms with E-state index in [1.165, 1.54) is 0 Å². The third-order valence-corrected chi connectivity index (χ3v) is 4.62. The minimum absolute atomic E-state index is 0.0913. The second kappa shape index (κ2) is 5.63.